The number of benzene rings is 1. The predicted octanol–water partition coefficient (Wildman–Crippen LogP) is 1.12. The molecule has 0 radical (unpaired) electrons. The molecule has 0 spiro atoms. The second kappa shape index (κ2) is 6.86. The number of nitrogens with one attached hydrogen (secondary N) is 1. The van der Waals surface area contributed by atoms with Crippen LogP contribution in [0, 0.1) is 0 Å². The zero-order chi connectivity index (χ0) is 13.5. The Balaban J connectivity index is 2.43. The molecule has 0 saturated carbocycles. The van der Waals surface area contributed by atoms with Crippen LogP contribution in [0.2, 0.25) is 0 Å². The van der Waals surface area contributed by atoms with Crippen LogP contribution in [-0.2, 0) is 0 Å². The lowest BCUT2D eigenvalue weighted by Crippen LogP contribution is -2.15. The van der Waals surface area contributed by atoms with Crippen LogP contribution in [0.5, 0.6) is 0 Å². The Morgan fingerprint density at radius 1 is 1.33 bits per heavy atom. The molecule has 5 N–H and O–H groups in total. The average molecular weight is 250 g/mol. The first-order chi connectivity index (χ1) is 8.50. The fourth-order valence-corrected chi connectivity index (χ4v) is 1.67. The second-order valence-corrected chi connectivity index (χ2v) is 4.60. The van der Waals surface area contributed by atoms with E-state index in [2.05, 4.69) is 24.3 Å². The van der Waals surface area contributed by atoms with Gasteiger partial charge in [0.1, 0.15) is 0 Å². The third-order valence-electron chi connectivity index (χ3n) is 2.68. The van der Waals surface area contributed by atoms with Gasteiger partial charge in [0.15, 0.2) is 0 Å². The van der Waals surface area contributed by atoms with E-state index in [0.717, 1.165) is 31.6 Å². The monoisotopic (exact) mass is 250 g/mol. The minimum absolute atomic E-state index is 0.369. The number of hydrogen-bond donors (Lipinski definition) is 3. The molecule has 100 valence electrons. The minimum atomic E-state index is -0.497. The zero-order valence-corrected chi connectivity index (χ0v) is 11.1. The van der Waals surface area contributed by atoms with Gasteiger partial charge in [0, 0.05) is 17.9 Å². The summed E-state index contributed by atoms with van der Waals surface area (Å²) >= 11 is 0. The van der Waals surface area contributed by atoms with E-state index in [9.17, 15) is 4.79 Å². The van der Waals surface area contributed by atoms with E-state index >= 15 is 0 Å². The summed E-state index contributed by atoms with van der Waals surface area (Å²) in [4.78, 5) is 13.3. The lowest BCUT2D eigenvalue weighted by atomic mass is 10.1. The van der Waals surface area contributed by atoms with Gasteiger partial charge in [-0.3, -0.25) is 4.79 Å². The Bertz CT molecular complexity index is 404. The molecule has 1 amide bonds. The van der Waals surface area contributed by atoms with Gasteiger partial charge in [-0.1, -0.05) is 0 Å². The van der Waals surface area contributed by atoms with Gasteiger partial charge in [-0.15, -0.1) is 0 Å². The van der Waals surface area contributed by atoms with Crippen LogP contribution < -0.4 is 16.8 Å². The summed E-state index contributed by atoms with van der Waals surface area (Å²) in [5.74, 6) is -0.497. The van der Waals surface area contributed by atoms with Crippen molar-refractivity contribution >= 4 is 17.3 Å². The van der Waals surface area contributed by atoms with Crippen LogP contribution in [0.4, 0.5) is 11.4 Å². The molecule has 0 aromatic heterocycles. The number of nitrogens with two attached hydrogens (primary N) is 2. The fraction of sp³-hybridized carbons (Fsp3) is 0.462. The molecule has 0 unspecified atom stereocenters. The van der Waals surface area contributed by atoms with Crippen LogP contribution in [0.15, 0.2) is 18.2 Å². The van der Waals surface area contributed by atoms with E-state index in [0.29, 0.717) is 11.3 Å². The fourth-order valence-electron chi connectivity index (χ4n) is 1.67. The Labute approximate surface area is 108 Å². The average Bonchev–Trinajstić information content (AvgIpc) is 2.30. The first-order valence-electron chi connectivity index (χ1n) is 6.08. The third-order valence-corrected chi connectivity index (χ3v) is 2.68. The Morgan fingerprint density at radius 2 is 2.06 bits per heavy atom. The molecule has 5 heteroatoms. The summed E-state index contributed by atoms with van der Waals surface area (Å²) in [6.45, 7) is 1.95. The molecule has 0 bridgehead atoms. The topological polar surface area (TPSA) is 84.4 Å². The van der Waals surface area contributed by atoms with E-state index in [-0.39, 0.29) is 0 Å². The number of nitrogen functional groups attached to an aromatic ring is 1. The van der Waals surface area contributed by atoms with Crippen molar-refractivity contribution in [3.8, 4) is 0 Å². The lowest BCUT2D eigenvalue weighted by Gasteiger charge is -2.11. The Hall–Kier alpha value is -1.75. The smallest absolute Gasteiger partial charge is 0.250 e. The summed E-state index contributed by atoms with van der Waals surface area (Å²) in [5, 5.41) is 3.26. The molecular formula is C13H22N4O. The maximum atomic E-state index is 11.1. The standard InChI is InChI=1S/C13H22N4O/c1-17(2)8-4-3-7-16-10-5-6-12(14)11(9-10)13(15)18/h5-6,9,16H,3-4,7-8,14H2,1-2H3,(H2,15,18). The molecule has 0 aliphatic carbocycles. The molecule has 1 aromatic rings. The highest BCUT2D eigenvalue weighted by Crippen LogP contribution is 2.17. The summed E-state index contributed by atoms with van der Waals surface area (Å²) in [7, 11) is 4.12. The van der Waals surface area contributed by atoms with Crippen molar-refractivity contribution < 1.29 is 4.79 Å². The van der Waals surface area contributed by atoms with Crippen molar-refractivity contribution in [2.45, 2.75) is 12.8 Å². The number of hydrogen-bond acceptors (Lipinski definition) is 4. The Kier molecular flexibility index (Phi) is 5.45. The van der Waals surface area contributed by atoms with Gasteiger partial charge in [-0.2, -0.15) is 0 Å². The predicted molar refractivity (Wildman–Crippen MR) is 75.7 cm³/mol. The van der Waals surface area contributed by atoms with E-state index in [1.165, 1.54) is 0 Å². The van der Waals surface area contributed by atoms with Gasteiger partial charge in [-0.25, -0.2) is 0 Å². The molecule has 0 atom stereocenters. The largest absolute Gasteiger partial charge is 0.398 e. The third kappa shape index (κ3) is 4.63. The lowest BCUT2D eigenvalue weighted by molar-refractivity contribution is 0.100. The van der Waals surface area contributed by atoms with Gasteiger partial charge < -0.3 is 21.7 Å². The van der Waals surface area contributed by atoms with Gasteiger partial charge in [0.05, 0.1) is 5.56 Å². The number of nitrogens with zero attached hydrogens (tertiary/aromatic N) is 1. The van der Waals surface area contributed by atoms with E-state index < -0.39 is 5.91 Å². The van der Waals surface area contributed by atoms with Crippen LogP contribution in [-0.4, -0.2) is 38.0 Å². The number of rotatable bonds is 7. The molecular weight excluding hydrogens is 228 g/mol. The molecule has 5 nitrogen and oxygen atoms in total. The maximum Gasteiger partial charge on any atom is 0.250 e. The number of amides is 1. The number of anilines is 2. The van der Waals surface area contributed by atoms with Crippen LogP contribution in [0.1, 0.15) is 23.2 Å². The molecule has 0 aliphatic heterocycles. The summed E-state index contributed by atoms with van der Waals surface area (Å²) in [6.07, 6.45) is 2.21. The highest BCUT2D eigenvalue weighted by atomic mass is 16.1. The SMILES string of the molecule is CN(C)CCCCNc1ccc(N)c(C(N)=O)c1. The first-order valence-corrected chi connectivity index (χ1v) is 6.08. The second-order valence-electron chi connectivity index (χ2n) is 4.60. The van der Waals surface area contributed by atoms with Crippen molar-refractivity contribution in [3.63, 3.8) is 0 Å². The van der Waals surface area contributed by atoms with Gasteiger partial charge in [-0.05, 0) is 51.7 Å². The number of primary amides is 1. The van der Waals surface area contributed by atoms with E-state index in [1.807, 2.05) is 6.07 Å². The summed E-state index contributed by atoms with van der Waals surface area (Å²) in [5.41, 5.74) is 12.6. The van der Waals surface area contributed by atoms with Crippen molar-refractivity contribution in [3.05, 3.63) is 23.8 Å². The van der Waals surface area contributed by atoms with Crippen LogP contribution in [0.25, 0.3) is 0 Å². The van der Waals surface area contributed by atoms with Crippen molar-refractivity contribution in [2.75, 3.05) is 38.2 Å². The van der Waals surface area contributed by atoms with Crippen molar-refractivity contribution in [1.29, 1.82) is 0 Å². The van der Waals surface area contributed by atoms with Crippen LogP contribution in [0.3, 0.4) is 0 Å². The summed E-state index contributed by atoms with van der Waals surface area (Å²) in [6, 6.07) is 5.25. The molecule has 0 saturated heterocycles. The molecule has 0 fully saturated rings. The van der Waals surface area contributed by atoms with Gasteiger partial charge in [0.25, 0.3) is 5.91 Å². The number of carbonyl (C=O) groups is 1. The molecule has 0 aliphatic rings. The van der Waals surface area contributed by atoms with Crippen molar-refractivity contribution in [1.82, 2.24) is 4.90 Å². The minimum Gasteiger partial charge on any atom is -0.398 e. The maximum absolute atomic E-state index is 11.1. The highest BCUT2D eigenvalue weighted by molar-refractivity contribution is 5.98. The molecule has 1 rings (SSSR count). The van der Waals surface area contributed by atoms with E-state index in [4.69, 9.17) is 11.5 Å². The molecule has 0 heterocycles. The van der Waals surface area contributed by atoms with Crippen molar-refractivity contribution in [2.24, 2.45) is 5.73 Å². The Morgan fingerprint density at radius 3 is 2.67 bits per heavy atom. The quantitative estimate of drug-likeness (QED) is 0.500. The molecule has 18 heavy (non-hydrogen) atoms. The van der Waals surface area contributed by atoms with Gasteiger partial charge >= 0.3 is 0 Å². The number of carbonyl (C=O) groups excluding carboxylic acids is 1. The normalized spacial score (nSPS) is 10.6. The highest BCUT2D eigenvalue weighted by Gasteiger charge is 2.06. The van der Waals surface area contributed by atoms with E-state index in [1.54, 1.807) is 12.1 Å². The molecule has 1 aromatic carbocycles. The number of unbranched alkanes of at least 4 members (excludes halogenated alkanes) is 1. The summed E-state index contributed by atoms with van der Waals surface area (Å²) < 4.78 is 0. The van der Waals surface area contributed by atoms with Gasteiger partial charge in [0.2, 0.25) is 0 Å². The zero-order valence-electron chi connectivity index (χ0n) is 11.1. The van der Waals surface area contributed by atoms with Crippen LogP contribution >= 0.6 is 0 Å². The first kappa shape index (κ1) is 14.3.